The van der Waals surface area contributed by atoms with Crippen LogP contribution in [0.3, 0.4) is 0 Å². The standard InChI is InChI=1S/C30H32O9/c1-29(2)30-14-13-20-16-21(34-4)17-23(36-18-33-3)24(20)28(32)35-15-9-8-12-22(25(38-29)26(30)39-30)37-27(31)19-10-6-5-7-11-19/h5-8,10-14,16-17,22,25-26H,9,15,18H2,1-4H3/b12-8-,14-13+/t22?,25?,26-,30?/m1/s1. The fourth-order valence-corrected chi connectivity index (χ4v) is 5.07. The van der Waals surface area contributed by atoms with Crippen molar-refractivity contribution < 1.29 is 42.7 Å². The largest absolute Gasteiger partial charge is 0.497 e. The van der Waals surface area contributed by atoms with E-state index in [1.54, 1.807) is 48.6 Å². The summed E-state index contributed by atoms with van der Waals surface area (Å²) in [6.45, 7) is 3.92. The predicted molar refractivity (Wildman–Crippen MR) is 141 cm³/mol. The Morgan fingerprint density at radius 2 is 1.90 bits per heavy atom. The lowest BCUT2D eigenvalue weighted by atomic mass is 9.87. The van der Waals surface area contributed by atoms with E-state index in [4.69, 9.17) is 33.2 Å². The molecule has 9 heteroatoms. The molecule has 5 rings (SSSR count). The maximum atomic E-state index is 13.2. The SMILES string of the molecule is COCOc1cc(OC)cc2c1C(=O)OCC/C=C\C(OC(=O)c1ccccc1)C1OC(C)(C)C3(/C=C/2)O[C@H]13. The van der Waals surface area contributed by atoms with Crippen molar-refractivity contribution in [3.05, 3.63) is 77.4 Å². The number of epoxide rings is 1. The van der Waals surface area contributed by atoms with Crippen LogP contribution in [0.5, 0.6) is 11.5 Å². The van der Waals surface area contributed by atoms with Crippen LogP contribution in [0.2, 0.25) is 0 Å². The summed E-state index contributed by atoms with van der Waals surface area (Å²) in [6, 6.07) is 12.1. The monoisotopic (exact) mass is 536 g/mol. The van der Waals surface area contributed by atoms with Gasteiger partial charge in [0, 0.05) is 13.2 Å². The van der Waals surface area contributed by atoms with E-state index in [-0.39, 0.29) is 30.8 Å². The van der Waals surface area contributed by atoms with Gasteiger partial charge in [-0.05, 0) is 56.2 Å². The Morgan fingerprint density at radius 1 is 1.10 bits per heavy atom. The van der Waals surface area contributed by atoms with E-state index < -0.39 is 35.3 Å². The summed E-state index contributed by atoms with van der Waals surface area (Å²) in [6.07, 6.45) is 6.04. The fraction of sp³-hybridized carbons (Fsp3) is 0.400. The minimum absolute atomic E-state index is 0.0555. The average Bonchev–Trinajstić information content (AvgIpc) is 3.64. The molecule has 0 amide bonds. The molecule has 0 radical (unpaired) electrons. The van der Waals surface area contributed by atoms with E-state index in [0.29, 0.717) is 23.3 Å². The quantitative estimate of drug-likeness (QED) is 0.231. The van der Waals surface area contributed by atoms with Crippen molar-refractivity contribution >= 4 is 18.0 Å². The Kier molecular flexibility index (Phi) is 7.48. The Labute approximate surface area is 227 Å². The van der Waals surface area contributed by atoms with Gasteiger partial charge in [0.2, 0.25) is 0 Å². The van der Waals surface area contributed by atoms with Crippen LogP contribution in [0, 0.1) is 0 Å². The van der Waals surface area contributed by atoms with Crippen LogP contribution >= 0.6 is 0 Å². The van der Waals surface area contributed by atoms with Crippen LogP contribution in [0.1, 0.15) is 46.5 Å². The first-order valence-electron chi connectivity index (χ1n) is 12.8. The molecule has 3 heterocycles. The number of ether oxygens (including phenoxy) is 7. The van der Waals surface area contributed by atoms with Crippen LogP contribution in [-0.4, -0.2) is 69.1 Å². The lowest BCUT2D eigenvalue weighted by Crippen LogP contribution is -2.39. The summed E-state index contributed by atoms with van der Waals surface area (Å²) in [7, 11) is 3.03. The highest BCUT2D eigenvalue weighted by molar-refractivity contribution is 5.97. The average molecular weight is 537 g/mol. The van der Waals surface area contributed by atoms with Crippen LogP contribution < -0.4 is 9.47 Å². The summed E-state index contributed by atoms with van der Waals surface area (Å²) in [5.74, 6) is -0.231. The van der Waals surface area contributed by atoms with Crippen molar-refractivity contribution in [2.75, 3.05) is 27.6 Å². The van der Waals surface area contributed by atoms with Gasteiger partial charge in [-0.3, -0.25) is 0 Å². The van der Waals surface area contributed by atoms with Gasteiger partial charge in [0.05, 0.1) is 24.9 Å². The van der Waals surface area contributed by atoms with Crippen molar-refractivity contribution in [1.82, 2.24) is 0 Å². The first-order chi connectivity index (χ1) is 18.8. The molecule has 3 aliphatic heterocycles. The second-order valence-corrected chi connectivity index (χ2v) is 9.99. The normalized spacial score (nSPS) is 28.6. The molecule has 2 bridgehead atoms. The Morgan fingerprint density at radius 3 is 2.62 bits per heavy atom. The van der Waals surface area contributed by atoms with Gasteiger partial charge in [0.25, 0.3) is 0 Å². The summed E-state index contributed by atoms with van der Waals surface area (Å²) >= 11 is 0. The second-order valence-electron chi connectivity index (χ2n) is 9.99. The van der Waals surface area contributed by atoms with E-state index in [2.05, 4.69) is 0 Å². The van der Waals surface area contributed by atoms with E-state index in [9.17, 15) is 9.59 Å². The van der Waals surface area contributed by atoms with E-state index in [0.717, 1.165) is 0 Å². The lowest BCUT2D eigenvalue weighted by molar-refractivity contribution is -0.126. The molecule has 2 aromatic carbocycles. The molecule has 2 fully saturated rings. The molecule has 206 valence electrons. The fourth-order valence-electron chi connectivity index (χ4n) is 5.07. The minimum Gasteiger partial charge on any atom is -0.497 e. The number of hydrogen-bond acceptors (Lipinski definition) is 9. The third kappa shape index (κ3) is 5.17. The smallest absolute Gasteiger partial charge is 0.342 e. The third-order valence-electron chi connectivity index (χ3n) is 7.17. The zero-order valence-corrected chi connectivity index (χ0v) is 22.4. The predicted octanol–water partition coefficient (Wildman–Crippen LogP) is 4.35. The summed E-state index contributed by atoms with van der Waals surface area (Å²) < 4.78 is 40.4. The zero-order valence-electron chi connectivity index (χ0n) is 22.4. The molecular formula is C30H32O9. The topological polar surface area (TPSA) is 102 Å². The highest BCUT2D eigenvalue weighted by Gasteiger charge is 2.75. The second kappa shape index (κ2) is 10.8. The summed E-state index contributed by atoms with van der Waals surface area (Å²) in [4.78, 5) is 26.2. The third-order valence-corrected chi connectivity index (χ3v) is 7.17. The highest BCUT2D eigenvalue weighted by Crippen LogP contribution is 2.58. The zero-order chi connectivity index (χ0) is 27.6. The minimum atomic E-state index is -0.801. The Hall–Kier alpha value is -3.66. The Balaban J connectivity index is 1.52. The van der Waals surface area contributed by atoms with Gasteiger partial charge in [-0.1, -0.05) is 30.4 Å². The summed E-state index contributed by atoms with van der Waals surface area (Å²) in [5.41, 5.74) is -0.324. The van der Waals surface area contributed by atoms with Crippen LogP contribution in [0.15, 0.2) is 60.7 Å². The number of esters is 2. The molecule has 9 nitrogen and oxygen atoms in total. The highest BCUT2D eigenvalue weighted by atomic mass is 16.7. The number of fused-ring (bicyclic) bond motifs is 1. The molecule has 2 aromatic rings. The van der Waals surface area contributed by atoms with Crippen molar-refractivity contribution in [2.45, 2.75) is 49.8 Å². The number of benzene rings is 2. The van der Waals surface area contributed by atoms with Crippen molar-refractivity contribution in [2.24, 2.45) is 0 Å². The van der Waals surface area contributed by atoms with Crippen LogP contribution in [0.25, 0.3) is 6.08 Å². The first-order valence-corrected chi connectivity index (χ1v) is 12.8. The van der Waals surface area contributed by atoms with Gasteiger partial charge in [-0.25, -0.2) is 9.59 Å². The number of hydrogen-bond donors (Lipinski definition) is 0. The van der Waals surface area contributed by atoms with Gasteiger partial charge in [-0.2, -0.15) is 0 Å². The van der Waals surface area contributed by atoms with Gasteiger partial charge in [-0.15, -0.1) is 0 Å². The van der Waals surface area contributed by atoms with Gasteiger partial charge >= 0.3 is 11.9 Å². The van der Waals surface area contributed by atoms with E-state index in [1.165, 1.54) is 14.2 Å². The van der Waals surface area contributed by atoms with Gasteiger partial charge < -0.3 is 33.2 Å². The molecular weight excluding hydrogens is 504 g/mol. The van der Waals surface area contributed by atoms with E-state index in [1.807, 2.05) is 32.1 Å². The molecule has 3 aliphatic rings. The van der Waals surface area contributed by atoms with Gasteiger partial charge in [0.1, 0.15) is 41.0 Å². The number of carbonyl (C=O) groups is 2. The maximum Gasteiger partial charge on any atom is 0.342 e. The van der Waals surface area contributed by atoms with Crippen molar-refractivity contribution in [3.63, 3.8) is 0 Å². The molecule has 0 aromatic heterocycles. The number of cyclic esters (lactones) is 1. The van der Waals surface area contributed by atoms with Crippen LogP contribution in [-0.2, 0) is 23.7 Å². The molecule has 3 unspecified atom stereocenters. The van der Waals surface area contributed by atoms with E-state index >= 15 is 0 Å². The molecule has 0 N–H and O–H groups in total. The number of rotatable bonds is 6. The first kappa shape index (κ1) is 26.9. The lowest BCUT2D eigenvalue weighted by Gasteiger charge is -2.30. The number of carbonyl (C=O) groups excluding carboxylic acids is 2. The molecule has 2 saturated heterocycles. The molecule has 0 aliphatic carbocycles. The molecule has 4 atom stereocenters. The number of methoxy groups -OCH3 is 2. The Bertz CT molecular complexity index is 1280. The summed E-state index contributed by atoms with van der Waals surface area (Å²) in [5, 5.41) is 0. The molecule has 0 spiro atoms. The van der Waals surface area contributed by atoms with Crippen LogP contribution in [0.4, 0.5) is 0 Å². The molecule has 0 saturated carbocycles. The van der Waals surface area contributed by atoms with Crippen molar-refractivity contribution in [3.8, 4) is 11.5 Å². The van der Waals surface area contributed by atoms with Gasteiger partial charge in [0.15, 0.2) is 6.79 Å². The molecule has 39 heavy (non-hydrogen) atoms. The van der Waals surface area contributed by atoms with Crippen molar-refractivity contribution in [1.29, 1.82) is 0 Å². The maximum absolute atomic E-state index is 13.2.